The van der Waals surface area contributed by atoms with Crippen LogP contribution in [0.25, 0.3) is 0 Å². The molecule has 0 heterocycles. The zero-order chi connectivity index (χ0) is 9.68. The molecule has 72 valence electrons. The summed E-state index contributed by atoms with van der Waals surface area (Å²) in [5.41, 5.74) is 0.828. The Balaban J connectivity index is 2.41. The lowest BCUT2D eigenvalue weighted by molar-refractivity contribution is 0.183. The molecule has 0 saturated heterocycles. The maximum absolute atomic E-state index is 12.5. The fourth-order valence-corrected chi connectivity index (χ4v) is 0.948. The summed E-state index contributed by atoms with van der Waals surface area (Å²) in [6.45, 7) is 2.42. The highest BCUT2D eigenvalue weighted by molar-refractivity contribution is 5.42. The summed E-state index contributed by atoms with van der Waals surface area (Å²) in [6.07, 6.45) is 0.374. The van der Waals surface area contributed by atoms with Gasteiger partial charge in [0.1, 0.15) is 5.82 Å². The van der Waals surface area contributed by atoms with Gasteiger partial charge in [-0.05, 0) is 30.7 Å². The van der Waals surface area contributed by atoms with Crippen LogP contribution in [-0.2, 0) is 0 Å². The molecular weight excluding hydrogens is 169 g/mol. The van der Waals surface area contributed by atoms with Crippen LogP contribution in [0.15, 0.2) is 24.3 Å². The van der Waals surface area contributed by atoms with Gasteiger partial charge in [0, 0.05) is 12.2 Å². The second kappa shape index (κ2) is 4.82. The monoisotopic (exact) mass is 183 g/mol. The Labute approximate surface area is 77.4 Å². The van der Waals surface area contributed by atoms with Gasteiger partial charge in [0.15, 0.2) is 0 Å². The van der Waals surface area contributed by atoms with Crippen molar-refractivity contribution in [2.45, 2.75) is 19.4 Å². The molecule has 1 atom stereocenters. The van der Waals surface area contributed by atoms with E-state index in [0.717, 1.165) is 5.69 Å². The predicted molar refractivity (Wildman–Crippen MR) is 51.2 cm³/mol. The van der Waals surface area contributed by atoms with Crippen molar-refractivity contribution in [1.29, 1.82) is 0 Å². The number of rotatable bonds is 4. The molecule has 3 heteroatoms. The second-order valence-electron chi connectivity index (χ2n) is 2.95. The van der Waals surface area contributed by atoms with Gasteiger partial charge in [-0.15, -0.1) is 0 Å². The molecule has 1 aromatic carbocycles. The van der Waals surface area contributed by atoms with Gasteiger partial charge >= 0.3 is 0 Å². The van der Waals surface area contributed by atoms with E-state index in [2.05, 4.69) is 5.32 Å². The third-order valence-electron chi connectivity index (χ3n) is 1.86. The Kier molecular flexibility index (Phi) is 3.71. The van der Waals surface area contributed by atoms with Crippen LogP contribution in [-0.4, -0.2) is 17.8 Å². The van der Waals surface area contributed by atoms with Gasteiger partial charge in [-0.2, -0.15) is 0 Å². The van der Waals surface area contributed by atoms with E-state index >= 15 is 0 Å². The lowest BCUT2D eigenvalue weighted by Crippen LogP contribution is -2.18. The lowest BCUT2D eigenvalue weighted by atomic mass is 10.2. The Hall–Kier alpha value is -1.09. The normalized spacial score (nSPS) is 12.5. The molecule has 0 bridgehead atoms. The van der Waals surface area contributed by atoms with Crippen molar-refractivity contribution >= 4 is 5.69 Å². The predicted octanol–water partition coefficient (Wildman–Crippen LogP) is 2.01. The molecule has 0 fully saturated rings. The summed E-state index contributed by atoms with van der Waals surface area (Å²) in [5, 5.41) is 12.2. The third kappa shape index (κ3) is 3.42. The topological polar surface area (TPSA) is 32.3 Å². The van der Waals surface area contributed by atoms with E-state index < -0.39 is 0 Å². The van der Waals surface area contributed by atoms with Crippen molar-refractivity contribution in [2.75, 3.05) is 11.9 Å². The van der Waals surface area contributed by atoms with E-state index in [4.69, 9.17) is 0 Å². The number of nitrogens with one attached hydrogen (secondary N) is 1. The molecule has 0 aromatic heterocycles. The first kappa shape index (κ1) is 9.99. The molecule has 1 rings (SSSR count). The number of hydrogen-bond acceptors (Lipinski definition) is 2. The highest BCUT2D eigenvalue weighted by Crippen LogP contribution is 2.08. The molecule has 2 nitrogen and oxygen atoms in total. The van der Waals surface area contributed by atoms with Crippen LogP contribution < -0.4 is 5.32 Å². The summed E-state index contributed by atoms with van der Waals surface area (Å²) in [6, 6.07) is 6.08. The van der Waals surface area contributed by atoms with Crippen molar-refractivity contribution in [3.63, 3.8) is 0 Å². The maximum atomic E-state index is 12.5. The quantitative estimate of drug-likeness (QED) is 0.748. The summed E-state index contributed by atoms with van der Waals surface area (Å²) in [7, 11) is 0. The fourth-order valence-electron chi connectivity index (χ4n) is 0.948. The average Bonchev–Trinajstić information content (AvgIpc) is 2.16. The van der Waals surface area contributed by atoms with Crippen molar-refractivity contribution in [1.82, 2.24) is 0 Å². The largest absolute Gasteiger partial charge is 0.391 e. The molecule has 0 aliphatic carbocycles. The van der Waals surface area contributed by atoms with Crippen LogP contribution in [0.5, 0.6) is 0 Å². The summed E-state index contributed by atoms with van der Waals surface area (Å²) >= 11 is 0. The van der Waals surface area contributed by atoms with Gasteiger partial charge < -0.3 is 10.4 Å². The van der Waals surface area contributed by atoms with Crippen molar-refractivity contribution in [3.05, 3.63) is 30.1 Å². The summed E-state index contributed by atoms with van der Waals surface area (Å²) < 4.78 is 12.5. The Morgan fingerprint density at radius 3 is 2.54 bits per heavy atom. The van der Waals surface area contributed by atoms with E-state index in [9.17, 15) is 9.50 Å². The average molecular weight is 183 g/mol. The number of halogens is 1. The van der Waals surface area contributed by atoms with E-state index in [0.29, 0.717) is 13.0 Å². The van der Waals surface area contributed by atoms with E-state index in [1.54, 1.807) is 12.1 Å². The minimum atomic E-state index is -0.343. The number of anilines is 1. The summed E-state index contributed by atoms with van der Waals surface area (Å²) in [5.74, 6) is -0.249. The van der Waals surface area contributed by atoms with Crippen molar-refractivity contribution in [2.24, 2.45) is 0 Å². The van der Waals surface area contributed by atoms with E-state index in [1.807, 2.05) is 6.92 Å². The van der Waals surface area contributed by atoms with E-state index in [1.165, 1.54) is 12.1 Å². The standard InChI is InChI=1S/C10H14FNO/c1-2-10(13)7-12-9-5-3-8(11)4-6-9/h3-6,10,12-13H,2,7H2,1H3. The zero-order valence-electron chi connectivity index (χ0n) is 7.63. The van der Waals surface area contributed by atoms with Crippen LogP contribution in [0, 0.1) is 5.82 Å². The summed E-state index contributed by atoms with van der Waals surface area (Å²) in [4.78, 5) is 0. The van der Waals surface area contributed by atoms with Gasteiger partial charge in [-0.25, -0.2) is 4.39 Å². The zero-order valence-corrected chi connectivity index (χ0v) is 7.63. The number of benzene rings is 1. The number of aliphatic hydroxyl groups is 1. The molecule has 0 radical (unpaired) electrons. The SMILES string of the molecule is CCC(O)CNc1ccc(F)cc1. The molecule has 0 aliphatic heterocycles. The Bertz CT molecular complexity index is 248. The fraction of sp³-hybridized carbons (Fsp3) is 0.400. The first-order valence-electron chi connectivity index (χ1n) is 4.40. The molecule has 13 heavy (non-hydrogen) atoms. The minimum Gasteiger partial charge on any atom is -0.391 e. The highest BCUT2D eigenvalue weighted by Gasteiger charge is 1.99. The van der Waals surface area contributed by atoms with Gasteiger partial charge in [-0.3, -0.25) is 0 Å². The molecule has 2 N–H and O–H groups in total. The molecule has 1 unspecified atom stereocenters. The van der Waals surface area contributed by atoms with Crippen LogP contribution in [0.3, 0.4) is 0 Å². The van der Waals surface area contributed by atoms with Gasteiger partial charge in [0.25, 0.3) is 0 Å². The van der Waals surface area contributed by atoms with Gasteiger partial charge in [0.2, 0.25) is 0 Å². The first-order valence-corrected chi connectivity index (χ1v) is 4.40. The van der Waals surface area contributed by atoms with Gasteiger partial charge in [-0.1, -0.05) is 6.92 Å². The Morgan fingerprint density at radius 2 is 2.00 bits per heavy atom. The van der Waals surface area contributed by atoms with Crippen LogP contribution in [0.2, 0.25) is 0 Å². The van der Waals surface area contributed by atoms with E-state index in [-0.39, 0.29) is 11.9 Å². The first-order chi connectivity index (χ1) is 6.22. The van der Waals surface area contributed by atoms with Crippen LogP contribution in [0.4, 0.5) is 10.1 Å². The molecular formula is C10H14FNO. The van der Waals surface area contributed by atoms with Crippen LogP contribution >= 0.6 is 0 Å². The maximum Gasteiger partial charge on any atom is 0.123 e. The Morgan fingerprint density at radius 1 is 1.38 bits per heavy atom. The minimum absolute atomic E-state index is 0.249. The number of hydrogen-bond donors (Lipinski definition) is 2. The molecule has 1 aromatic rings. The molecule has 0 saturated carbocycles. The van der Waals surface area contributed by atoms with Gasteiger partial charge in [0.05, 0.1) is 6.10 Å². The number of aliphatic hydroxyl groups excluding tert-OH is 1. The molecule has 0 aliphatic rings. The molecule has 0 spiro atoms. The second-order valence-corrected chi connectivity index (χ2v) is 2.95. The molecule has 0 amide bonds. The van der Waals surface area contributed by atoms with Crippen molar-refractivity contribution < 1.29 is 9.50 Å². The third-order valence-corrected chi connectivity index (χ3v) is 1.86. The van der Waals surface area contributed by atoms with Crippen molar-refractivity contribution in [3.8, 4) is 0 Å². The van der Waals surface area contributed by atoms with Crippen LogP contribution in [0.1, 0.15) is 13.3 Å². The highest BCUT2D eigenvalue weighted by atomic mass is 19.1. The smallest absolute Gasteiger partial charge is 0.123 e. The lowest BCUT2D eigenvalue weighted by Gasteiger charge is -2.10.